The Hall–Kier alpha value is -2.43. The molecule has 0 aliphatic carbocycles. The Kier molecular flexibility index (Phi) is 4.21. The van der Waals surface area contributed by atoms with Gasteiger partial charge in [-0.15, -0.1) is 0 Å². The lowest BCUT2D eigenvalue weighted by Crippen LogP contribution is -2.33. The van der Waals surface area contributed by atoms with Gasteiger partial charge in [-0.05, 0) is 51.0 Å². The monoisotopic (exact) mass is 285 g/mol. The summed E-state index contributed by atoms with van der Waals surface area (Å²) in [5, 5.41) is 6.98. The Bertz CT molecular complexity index is 735. The number of nitrogens with one attached hydrogen (secondary N) is 1. The Balaban J connectivity index is 2.25. The quantitative estimate of drug-likeness (QED) is 0.941. The van der Waals surface area contributed by atoms with E-state index in [1.165, 1.54) is 10.7 Å². The lowest BCUT2D eigenvalue weighted by atomic mass is 10.1. The first-order valence-electron chi connectivity index (χ1n) is 6.83. The van der Waals surface area contributed by atoms with Crippen LogP contribution in [0.3, 0.4) is 0 Å². The second kappa shape index (κ2) is 5.91. The Morgan fingerprint density at radius 2 is 1.90 bits per heavy atom. The van der Waals surface area contributed by atoms with E-state index in [0.717, 1.165) is 16.8 Å². The Morgan fingerprint density at radius 1 is 1.19 bits per heavy atom. The fraction of sp³-hybridized carbons (Fsp3) is 0.312. The van der Waals surface area contributed by atoms with Crippen LogP contribution in [-0.2, 0) is 4.79 Å². The van der Waals surface area contributed by atoms with Crippen LogP contribution in [0.15, 0.2) is 35.1 Å². The van der Waals surface area contributed by atoms with Gasteiger partial charge >= 0.3 is 0 Å². The van der Waals surface area contributed by atoms with Gasteiger partial charge in [-0.25, -0.2) is 4.68 Å². The first-order valence-corrected chi connectivity index (χ1v) is 6.83. The van der Waals surface area contributed by atoms with Gasteiger partial charge in [-0.2, -0.15) is 5.10 Å². The number of carbonyl (C=O) groups excluding carboxylic acids is 1. The first-order chi connectivity index (χ1) is 9.88. The van der Waals surface area contributed by atoms with Gasteiger partial charge in [-0.1, -0.05) is 12.1 Å². The minimum absolute atomic E-state index is 0.260. The van der Waals surface area contributed by atoms with Crippen molar-refractivity contribution in [2.24, 2.45) is 0 Å². The van der Waals surface area contributed by atoms with Crippen molar-refractivity contribution in [3.8, 4) is 0 Å². The van der Waals surface area contributed by atoms with E-state index in [-0.39, 0.29) is 11.5 Å². The van der Waals surface area contributed by atoms with Crippen LogP contribution in [0.5, 0.6) is 0 Å². The molecule has 5 nitrogen and oxygen atoms in total. The molecule has 0 spiro atoms. The van der Waals surface area contributed by atoms with E-state index >= 15 is 0 Å². The van der Waals surface area contributed by atoms with Crippen LogP contribution in [0.2, 0.25) is 0 Å². The fourth-order valence-electron chi connectivity index (χ4n) is 2.02. The molecule has 0 fully saturated rings. The van der Waals surface area contributed by atoms with Gasteiger partial charge in [0.2, 0.25) is 5.91 Å². The number of aromatic nitrogens is 2. The van der Waals surface area contributed by atoms with Crippen molar-refractivity contribution < 1.29 is 4.79 Å². The zero-order valence-corrected chi connectivity index (χ0v) is 12.7. The molecule has 1 N–H and O–H groups in total. The van der Waals surface area contributed by atoms with Crippen molar-refractivity contribution in [1.29, 1.82) is 0 Å². The lowest BCUT2D eigenvalue weighted by Gasteiger charge is -2.15. The van der Waals surface area contributed by atoms with E-state index in [9.17, 15) is 9.59 Å². The molecule has 0 aliphatic rings. The van der Waals surface area contributed by atoms with Gasteiger partial charge in [-0.3, -0.25) is 9.59 Å². The van der Waals surface area contributed by atoms with Crippen LogP contribution < -0.4 is 10.9 Å². The maximum atomic E-state index is 12.3. The van der Waals surface area contributed by atoms with Crippen LogP contribution in [0.1, 0.15) is 29.8 Å². The highest BCUT2D eigenvalue weighted by molar-refractivity contribution is 5.94. The molecule has 1 atom stereocenters. The molecule has 21 heavy (non-hydrogen) atoms. The van der Waals surface area contributed by atoms with Crippen molar-refractivity contribution >= 4 is 11.6 Å². The highest BCUT2D eigenvalue weighted by Gasteiger charge is 2.18. The lowest BCUT2D eigenvalue weighted by molar-refractivity contribution is -0.119. The van der Waals surface area contributed by atoms with Gasteiger partial charge in [0.25, 0.3) is 5.56 Å². The largest absolute Gasteiger partial charge is 0.324 e. The number of carbonyl (C=O) groups is 1. The summed E-state index contributed by atoms with van der Waals surface area (Å²) in [6, 6.07) is 8.23. The van der Waals surface area contributed by atoms with Gasteiger partial charge in [0.05, 0.1) is 5.69 Å². The predicted molar refractivity (Wildman–Crippen MR) is 82.5 cm³/mol. The predicted octanol–water partition coefficient (Wildman–Crippen LogP) is 2.37. The number of rotatable bonds is 3. The summed E-state index contributed by atoms with van der Waals surface area (Å²) in [4.78, 5) is 24.1. The summed E-state index contributed by atoms with van der Waals surface area (Å²) in [7, 11) is 0. The Labute approximate surface area is 123 Å². The van der Waals surface area contributed by atoms with E-state index in [1.54, 1.807) is 19.9 Å². The minimum atomic E-state index is -0.669. The third kappa shape index (κ3) is 3.37. The maximum absolute atomic E-state index is 12.3. The van der Waals surface area contributed by atoms with Gasteiger partial charge in [0, 0.05) is 11.8 Å². The molecular weight excluding hydrogens is 266 g/mol. The number of hydrogen-bond acceptors (Lipinski definition) is 3. The SMILES string of the molecule is Cc1ccc(C)c(NC(=O)C(C)n2nc(C)ccc2=O)c1. The standard InChI is InChI=1S/C16H19N3O2/c1-10-5-6-11(2)14(9-10)17-16(21)13(4)19-15(20)8-7-12(3)18-19/h5-9,13H,1-4H3,(H,17,21). The van der Waals surface area contributed by atoms with Crippen molar-refractivity contribution in [3.63, 3.8) is 0 Å². The molecule has 0 radical (unpaired) electrons. The molecule has 5 heteroatoms. The smallest absolute Gasteiger partial charge is 0.267 e. The summed E-state index contributed by atoms with van der Waals surface area (Å²) in [6.07, 6.45) is 0. The molecule has 1 aromatic heterocycles. The molecule has 1 amide bonds. The van der Waals surface area contributed by atoms with Crippen LogP contribution in [0.25, 0.3) is 0 Å². The van der Waals surface area contributed by atoms with Crippen molar-refractivity contribution in [2.45, 2.75) is 33.7 Å². The summed E-state index contributed by atoms with van der Waals surface area (Å²) in [6.45, 7) is 7.33. The zero-order valence-electron chi connectivity index (χ0n) is 12.7. The molecule has 0 saturated heterocycles. The molecule has 110 valence electrons. The van der Waals surface area contributed by atoms with Crippen molar-refractivity contribution in [1.82, 2.24) is 9.78 Å². The number of benzene rings is 1. The second-order valence-corrected chi connectivity index (χ2v) is 5.24. The van der Waals surface area contributed by atoms with Gasteiger partial charge in [0.1, 0.15) is 6.04 Å². The highest BCUT2D eigenvalue weighted by Crippen LogP contribution is 2.17. The van der Waals surface area contributed by atoms with Crippen molar-refractivity contribution in [2.75, 3.05) is 5.32 Å². The third-order valence-corrected chi connectivity index (χ3v) is 3.36. The zero-order chi connectivity index (χ0) is 15.6. The van der Waals surface area contributed by atoms with Crippen LogP contribution in [0.4, 0.5) is 5.69 Å². The molecule has 1 unspecified atom stereocenters. The number of nitrogens with zero attached hydrogens (tertiary/aromatic N) is 2. The molecule has 1 heterocycles. The van der Waals surface area contributed by atoms with Crippen LogP contribution in [-0.4, -0.2) is 15.7 Å². The average Bonchev–Trinajstić information content (AvgIpc) is 2.44. The molecule has 2 rings (SSSR count). The Morgan fingerprint density at radius 3 is 2.62 bits per heavy atom. The van der Waals surface area contributed by atoms with E-state index in [0.29, 0.717) is 5.69 Å². The maximum Gasteiger partial charge on any atom is 0.267 e. The minimum Gasteiger partial charge on any atom is -0.324 e. The number of anilines is 1. The van der Waals surface area contributed by atoms with Gasteiger partial charge in [0.15, 0.2) is 0 Å². The van der Waals surface area contributed by atoms with Crippen LogP contribution in [0, 0.1) is 20.8 Å². The molecule has 0 saturated carbocycles. The summed E-state index contributed by atoms with van der Waals surface area (Å²) in [5.41, 5.74) is 3.21. The highest BCUT2D eigenvalue weighted by atomic mass is 16.2. The summed E-state index contributed by atoms with van der Waals surface area (Å²) < 4.78 is 1.20. The number of hydrogen-bond donors (Lipinski definition) is 1. The van der Waals surface area contributed by atoms with E-state index in [1.807, 2.05) is 32.0 Å². The number of amides is 1. The molecule has 1 aromatic carbocycles. The number of aryl methyl sites for hydroxylation is 3. The first kappa shape index (κ1) is 15.0. The average molecular weight is 285 g/mol. The summed E-state index contributed by atoms with van der Waals surface area (Å²) >= 11 is 0. The van der Waals surface area contributed by atoms with Crippen LogP contribution >= 0.6 is 0 Å². The fourth-order valence-corrected chi connectivity index (χ4v) is 2.02. The van der Waals surface area contributed by atoms with Crippen molar-refractivity contribution in [3.05, 3.63) is 57.5 Å². The summed E-state index contributed by atoms with van der Waals surface area (Å²) in [5.74, 6) is -0.260. The molecule has 2 aromatic rings. The molecule has 0 aliphatic heterocycles. The third-order valence-electron chi connectivity index (χ3n) is 3.36. The van der Waals surface area contributed by atoms with Gasteiger partial charge < -0.3 is 5.32 Å². The second-order valence-electron chi connectivity index (χ2n) is 5.24. The molecule has 0 bridgehead atoms. The van der Waals surface area contributed by atoms with E-state index in [2.05, 4.69) is 10.4 Å². The van der Waals surface area contributed by atoms with E-state index in [4.69, 9.17) is 0 Å². The topological polar surface area (TPSA) is 64.0 Å². The van der Waals surface area contributed by atoms with E-state index < -0.39 is 6.04 Å². The normalized spacial score (nSPS) is 12.0. The molecular formula is C16H19N3O2.